The van der Waals surface area contributed by atoms with Crippen molar-refractivity contribution in [2.75, 3.05) is 7.11 Å². The van der Waals surface area contributed by atoms with Gasteiger partial charge in [-0.3, -0.25) is 4.79 Å². The van der Waals surface area contributed by atoms with Gasteiger partial charge in [0.1, 0.15) is 17.0 Å². The number of methoxy groups -OCH3 is 1. The Morgan fingerprint density at radius 2 is 1.95 bits per heavy atom. The minimum absolute atomic E-state index is 0.113. The molecule has 0 spiro atoms. The first-order valence-corrected chi connectivity index (χ1v) is 5.95. The molecule has 0 radical (unpaired) electrons. The normalized spacial score (nSPS) is 16.0. The topological polar surface area (TPSA) is 65.0 Å². The van der Waals surface area contributed by atoms with Gasteiger partial charge >= 0.3 is 5.97 Å². The van der Waals surface area contributed by atoms with E-state index in [-0.39, 0.29) is 11.3 Å². The predicted molar refractivity (Wildman–Crippen MR) is 73.7 cm³/mol. The van der Waals surface area contributed by atoms with Crippen molar-refractivity contribution in [2.45, 2.75) is 6.92 Å². The van der Waals surface area contributed by atoms with Crippen LogP contribution < -0.4 is 4.74 Å². The quantitative estimate of drug-likeness (QED) is 0.480. The molecule has 5 nitrogen and oxygen atoms in total. The van der Waals surface area contributed by atoms with Gasteiger partial charge in [-0.15, -0.1) is 0 Å². The number of oxime groups is 1. The van der Waals surface area contributed by atoms with E-state index in [1.54, 1.807) is 31.2 Å². The van der Waals surface area contributed by atoms with Crippen molar-refractivity contribution in [2.24, 2.45) is 5.16 Å². The first-order valence-electron chi connectivity index (χ1n) is 5.95. The number of hydrogen-bond donors (Lipinski definition) is 0. The molecule has 1 aliphatic carbocycles. The molecular weight excluding hydrogens is 258 g/mol. The Hall–Kier alpha value is -2.69. The third-order valence-electron chi connectivity index (χ3n) is 2.72. The molecule has 0 aromatic heterocycles. The average molecular weight is 271 g/mol. The zero-order valence-corrected chi connectivity index (χ0v) is 11.1. The summed E-state index contributed by atoms with van der Waals surface area (Å²) in [4.78, 5) is 27.9. The van der Waals surface area contributed by atoms with E-state index in [0.717, 1.165) is 0 Å². The average Bonchev–Trinajstić information content (AvgIpc) is 2.46. The van der Waals surface area contributed by atoms with Gasteiger partial charge in [0.05, 0.1) is 7.11 Å². The number of benzene rings is 1. The second-order valence-corrected chi connectivity index (χ2v) is 4.12. The maximum Gasteiger partial charge on any atom is 0.369 e. The number of allylic oxidation sites excluding steroid dienone is 4. The molecule has 0 heterocycles. The summed E-state index contributed by atoms with van der Waals surface area (Å²) in [7, 11) is 1.47. The van der Waals surface area contributed by atoms with Crippen LogP contribution in [0, 0.1) is 0 Å². The molecule has 0 fully saturated rings. The third kappa shape index (κ3) is 3.00. The summed E-state index contributed by atoms with van der Waals surface area (Å²) in [5.41, 5.74) is 1.37. The zero-order chi connectivity index (χ0) is 14.5. The summed E-state index contributed by atoms with van der Waals surface area (Å²) in [6, 6.07) is 6.71. The number of carbonyl (C=O) groups excluding carboxylic acids is 2. The van der Waals surface area contributed by atoms with E-state index < -0.39 is 5.97 Å². The Balaban J connectivity index is 2.15. The number of carbonyl (C=O) groups is 2. The van der Waals surface area contributed by atoms with Crippen molar-refractivity contribution in [3.05, 3.63) is 53.6 Å². The van der Waals surface area contributed by atoms with E-state index in [4.69, 9.17) is 9.57 Å². The monoisotopic (exact) mass is 271 g/mol. The molecule has 5 heteroatoms. The van der Waals surface area contributed by atoms with E-state index in [0.29, 0.717) is 17.0 Å². The highest BCUT2D eigenvalue weighted by molar-refractivity contribution is 6.19. The largest absolute Gasteiger partial charge is 0.496 e. The maximum atomic E-state index is 11.9. The van der Waals surface area contributed by atoms with Gasteiger partial charge in [0.15, 0.2) is 5.78 Å². The van der Waals surface area contributed by atoms with Crippen LogP contribution in [-0.4, -0.2) is 24.6 Å². The van der Waals surface area contributed by atoms with Gasteiger partial charge in [-0.25, -0.2) is 4.79 Å². The standard InChI is InChI=1S/C15H13NO4/c1-10-9-11(17)7-8-13(10)16-20-15(18)12-5-3-4-6-14(12)19-2/h3-9H,1-2H3. The fourth-order valence-corrected chi connectivity index (χ4v) is 1.68. The van der Waals surface area contributed by atoms with Crippen LogP contribution in [-0.2, 0) is 9.63 Å². The fraction of sp³-hybridized carbons (Fsp3) is 0.133. The van der Waals surface area contributed by atoms with Gasteiger partial charge in [0.25, 0.3) is 0 Å². The molecule has 0 saturated heterocycles. The van der Waals surface area contributed by atoms with E-state index in [9.17, 15) is 9.59 Å². The number of para-hydroxylation sites is 1. The lowest BCUT2D eigenvalue weighted by molar-refractivity contribution is -0.110. The van der Waals surface area contributed by atoms with Crippen molar-refractivity contribution in [3.63, 3.8) is 0 Å². The van der Waals surface area contributed by atoms with Crippen LogP contribution in [0.3, 0.4) is 0 Å². The number of ether oxygens (including phenoxy) is 1. The molecule has 0 amide bonds. The Kier molecular flexibility index (Phi) is 4.10. The van der Waals surface area contributed by atoms with Crippen molar-refractivity contribution in [1.29, 1.82) is 0 Å². The van der Waals surface area contributed by atoms with Crippen molar-refractivity contribution in [3.8, 4) is 5.75 Å². The molecule has 0 bridgehead atoms. The van der Waals surface area contributed by atoms with Gasteiger partial charge in [0.2, 0.25) is 0 Å². The smallest absolute Gasteiger partial charge is 0.369 e. The molecule has 102 valence electrons. The number of hydrogen-bond acceptors (Lipinski definition) is 5. The van der Waals surface area contributed by atoms with Crippen molar-refractivity contribution < 1.29 is 19.2 Å². The number of ketones is 1. The summed E-state index contributed by atoms with van der Waals surface area (Å²) in [6.07, 6.45) is 4.30. The Morgan fingerprint density at radius 3 is 2.65 bits per heavy atom. The lowest BCUT2D eigenvalue weighted by atomic mass is 10.1. The molecule has 0 atom stereocenters. The Labute approximate surface area is 116 Å². The summed E-state index contributed by atoms with van der Waals surface area (Å²) >= 11 is 0. The Bertz CT molecular complexity index is 641. The second kappa shape index (κ2) is 5.97. The summed E-state index contributed by atoms with van der Waals surface area (Å²) in [5, 5.41) is 3.75. The highest BCUT2D eigenvalue weighted by atomic mass is 16.7. The van der Waals surface area contributed by atoms with Crippen LogP contribution >= 0.6 is 0 Å². The van der Waals surface area contributed by atoms with Crippen LogP contribution in [0.4, 0.5) is 0 Å². The van der Waals surface area contributed by atoms with Gasteiger partial charge in [0, 0.05) is 0 Å². The first-order chi connectivity index (χ1) is 9.61. The van der Waals surface area contributed by atoms with Crippen LogP contribution in [0.5, 0.6) is 5.75 Å². The van der Waals surface area contributed by atoms with E-state index in [2.05, 4.69) is 5.16 Å². The van der Waals surface area contributed by atoms with Gasteiger partial charge < -0.3 is 9.57 Å². The fourth-order valence-electron chi connectivity index (χ4n) is 1.68. The summed E-state index contributed by atoms with van der Waals surface area (Å²) < 4.78 is 5.07. The van der Waals surface area contributed by atoms with E-state index in [1.807, 2.05) is 0 Å². The molecule has 0 aliphatic heterocycles. The van der Waals surface area contributed by atoms with E-state index in [1.165, 1.54) is 25.3 Å². The van der Waals surface area contributed by atoms with Crippen molar-refractivity contribution >= 4 is 17.5 Å². The van der Waals surface area contributed by atoms with Gasteiger partial charge in [-0.2, -0.15) is 0 Å². The lowest BCUT2D eigenvalue weighted by Crippen LogP contribution is -2.09. The summed E-state index contributed by atoms with van der Waals surface area (Å²) in [6.45, 7) is 1.72. The molecule has 2 rings (SSSR count). The molecule has 1 aromatic rings. The van der Waals surface area contributed by atoms with Crippen LogP contribution in [0.2, 0.25) is 0 Å². The van der Waals surface area contributed by atoms with Crippen LogP contribution in [0.1, 0.15) is 17.3 Å². The third-order valence-corrected chi connectivity index (χ3v) is 2.72. The molecule has 0 N–H and O–H groups in total. The maximum absolute atomic E-state index is 11.9. The SMILES string of the molecule is COc1ccccc1C(=O)ON=C1C=CC(=O)C=C1C. The van der Waals surface area contributed by atoms with Gasteiger partial charge in [-0.1, -0.05) is 17.3 Å². The predicted octanol–water partition coefficient (Wildman–Crippen LogP) is 2.29. The molecular formula is C15H13NO4. The highest BCUT2D eigenvalue weighted by Gasteiger charge is 2.14. The first kappa shape index (κ1) is 13.7. The van der Waals surface area contributed by atoms with E-state index >= 15 is 0 Å². The highest BCUT2D eigenvalue weighted by Crippen LogP contribution is 2.18. The minimum atomic E-state index is -0.618. The second-order valence-electron chi connectivity index (χ2n) is 4.12. The number of nitrogens with zero attached hydrogens (tertiary/aromatic N) is 1. The Morgan fingerprint density at radius 1 is 1.20 bits per heavy atom. The van der Waals surface area contributed by atoms with Crippen LogP contribution in [0.25, 0.3) is 0 Å². The van der Waals surface area contributed by atoms with Crippen LogP contribution in [0.15, 0.2) is 53.2 Å². The molecule has 20 heavy (non-hydrogen) atoms. The van der Waals surface area contributed by atoms with Gasteiger partial charge in [-0.05, 0) is 42.9 Å². The molecule has 0 saturated carbocycles. The minimum Gasteiger partial charge on any atom is -0.496 e. The number of rotatable bonds is 3. The zero-order valence-electron chi connectivity index (χ0n) is 11.1. The molecule has 1 aliphatic rings. The summed E-state index contributed by atoms with van der Waals surface area (Å²) in [5.74, 6) is -0.315. The molecule has 1 aromatic carbocycles. The lowest BCUT2D eigenvalue weighted by Gasteiger charge is -2.07. The van der Waals surface area contributed by atoms with Crippen molar-refractivity contribution in [1.82, 2.24) is 0 Å². The molecule has 0 unspecified atom stereocenters.